The molecule has 0 unspecified atom stereocenters. The molecule has 0 aliphatic carbocycles. The van der Waals surface area contributed by atoms with E-state index in [-0.39, 0.29) is 24.0 Å². The normalized spacial score (nSPS) is 10.5. The van der Waals surface area contributed by atoms with Gasteiger partial charge in [-0.15, -0.1) is 0 Å². The number of amides is 1. The molecule has 3 N–H and O–H groups in total. The number of hydrogen-bond donors (Lipinski definition) is 3. The van der Waals surface area contributed by atoms with Gasteiger partial charge in [-0.3, -0.25) is 4.79 Å². The van der Waals surface area contributed by atoms with Crippen LogP contribution in [0.1, 0.15) is 5.56 Å². The molecule has 120 valence electrons. The lowest BCUT2D eigenvalue weighted by atomic mass is 10.2. The number of phenolic OH excluding ortho intramolecular Hbond substituents is 1. The van der Waals surface area contributed by atoms with Crippen molar-refractivity contribution in [1.29, 1.82) is 0 Å². The Morgan fingerprint density at radius 2 is 2.04 bits per heavy atom. The highest BCUT2D eigenvalue weighted by Gasteiger charge is 2.02. The van der Waals surface area contributed by atoms with E-state index in [1.807, 2.05) is 0 Å². The molecule has 0 aliphatic rings. The minimum atomic E-state index is -0.382. The topological polar surface area (TPSA) is 83.0 Å². The molecule has 2 aromatic rings. The molecule has 0 fully saturated rings. The maximum atomic E-state index is 12.7. The third kappa shape index (κ3) is 4.99. The van der Waals surface area contributed by atoms with E-state index >= 15 is 0 Å². The summed E-state index contributed by atoms with van der Waals surface area (Å²) in [6.45, 7) is -0.0208. The Hall–Kier alpha value is -3.09. The average molecular weight is 317 g/mol. The summed E-state index contributed by atoms with van der Waals surface area (Å²) >= 11 is 0. The number of carbonyl (C=O) groups is 1. The van der Waals surface area contributed by atoms with Crippen LogP contribution in [0.2, 0.25) is 0 Å². The van der Waals surface area contributed by atoms with E-state index < -0.39 is 0 Å². The number of ether oxygens (including phenoxy) is 1. The maximum absolute atomic E-state index is 12.7. The van der Waals surface area contributed by atoms with Crippen LogP contribution < -0.4 is 15.5 Å². The van der Waals surface area contributed by atoms with Crippen molar-refractivity contribution in [3.63, 3.8) is 0 Å². The van der Waals surface area contributed by atoms with E-state index in [0.29, 0.717) is 17.0 Å². The number of anilines is 1. The fourth-order valence-corrected chi connectivity index (χ4v) is 1.73. The van der Waals surface area contributed by atoms with Gasteiger partial charge in [-0.2, -0.15) is 5.10 Å². The SMILES string of the molecule is COc1ccc(O)c(/C=N\NC(=O)CNc2ccc(F)cc2)c1. The molecule has 1 amide bonds. The maximum Gasteiger partial charge on any atom is 0.259 e. The fourth-order valence-electron chi connectivity index (χ4n) is 1.73. The Bertz CT molecular complexity index is 702. The number of methoxy groups -OCH3 is 1. The first-order valence-electron chi connectivity index (χ1n) is 6.77. The first-order valence-corrected chi connectivity index (χ1v) is 6.77. The number of halogens is 1. The molecule has 0 aliphatic heterocycles. The van der Waals surface area contributed by atoms with Gasteiger partial charge in [0, 0.05) is 11.3 Å². The second kappa shape index (κ2) is 7.79. The Labute approximate surface area is 132 Å². The molecule has 2 aromatic carbocycles. The average Bonchev–Trinajstić information content (AvgIpc) is 2.56. The van der Waals surface area contributed by atoms with Gasteiger partial charge >= 0.3 is 0 Å². The third-order valence-electron chi connectivity index (χ3n) is 2.92. The molecule has 0 saturated carbocycles. The molecular formula is C16H16FN3O3. The second-order valence-electron chi connectivity index (χ2n) is 4.58. The number of nitrogens with zero attached hydrogens (tertiary/aromatic N) is 1. The van der Waals surface area contributed by atoms with Crippen molar-refractivity contribution in [2.45, 2.75) is 0 Å². The molecule has 0 radical (unpaired) electrons. The van der Waals surface area contributed by atoms with Crippen molar-refractivity contribution in [2.24, 2.45) is 5.10 Å². The van der Waals surface area contributed by atoms with Crippen molar-refractivity contribution in [1.82, 2.24) is 5.43 Å². The molecule has 0 atom stereocenters. The van der Waals surface area contributed by atoms with E-state index in [1.165, 1.54) is 43.7 Å². The van der Waals surface area contributed by atoms with Gasteiger partial charge in [0.25, 0.3) is 5.91 Å². The van der Waals surface area contributed by atoms with Gasteiger partial charge in [-0.1, -0.05) is 0 Å². The van der Waals surface area contributed by atoms with Crippen LogP contribution in [0.3, 0.4) is 0 Å². The lowest BCUT2D eigenvalue weighted by Gasteiger charge is -2.05. The van der Waals surface area contributed by atoms with E-state index in [0.717, 1.165) is 0 Å². The van der Waals surface area contributed by atoms with Gasteiger partial charge in [0.05, 0.1) is 19.9 Å². The fraction of sp³-hybridized carbons (Fsp3) is 0.125. The van der Waals surface area contributed by atoms with Crippen molar-refractivity contribution in [3.8, 4) is 11.5 Å². The summed E-state index contributed by atoms with van der Waals surface area (Å²) < 4.78 is 17.8. The number of rotatable bonds is 6. The Balaban J connectivity index is 1.85. The number of carbonyl (C=O) groups excluding carboxylic acids is 1. The Kier molecular flexibility index (Phi) is 5.51. The summed E-state index contributed by atoms with van der Waals surface area (Å²) in [5.41, 5.74) is 3.35. The van der Waals surface area contributed by atoms with Gasteiger partial charge in [-0.25, -0.2) is 9.82 Å². The molecule has 0 heterocycles. The molecule has 0 bridgehead atoms. The molecule has 7 heteroatoms. The van der Waals surface area contributed by atoms with Crippen LogP contribution in [0.15, 0.2) is 47.6 Å². The summed E-state index contributed by atoms with van der Waals surface area (Å²) in [7, 11) is 1.51. The number of phenols is 1. The Morgan fingerprint density at radius 3 is 2.74 bits per heavy atom. The number of nitrogens with one attached hydrogen (secondary N) is 2. The van der Waals surface area contributed by atoms with Crippen LogP contribution in [0.25, 0.3) is 0 Å². The van der Waals surface area contributed by atoms with Crippen molar-refractivity contribution < 1.29 is 19.0 Å². The number of aromatic hydroxyl groups is 1. The van der Waals surface area contributed by atoms with Gasteiger partial charge < -0.3 is 15.2 Å². The molecular weight excluding hydrogens is 301 g/mol. The van der Waals surface area contributed by atoms with Crippen LogP contribution in [-0.2, 0) is 4.79 Å². The summed E-state index contributed by atoms with van der Waals surface area (Å²) in [6, 6.07) is 10.3. The predicted molar refractivity (Wildman–Crippen MR) is 85.3 cm³/mol. The van der Waals surface area contributed by atoms with E-state index in [1.54, 1.807) is 12.1 Å². The number of benzene rings is 2. The van der Waals surface area contributed by atoms with Crippen molar-refractivity contribution in [2.75, 3.05) is 19.0 Å². The lowest BCUT2D eigenvalue weighted by molar-refractivity contribution is -0.119. The number of hydrazone groups is 1. The minimum absolute atomic E-state index is 0.0208. The van der Waals surface area contributed by atoms with E-state index in [2.05, 4.69) is 15.8 Å². The van der Waals surface area contributed by atoms with Gasteiger partial charge in [0.15, 0.2) is 0 Å². The van der Waals surface area contributed by atoms with Crippen LogP contribution in [-0.4, -0.2) is 30.9 Å². The van der Waals surface area contributed by atoms with Crippen molar-refractivity contribution >= 4 is 17.8 Å². The third-order valence-corrected chi connectivity index (χ3v) is 2.92. The highest BCUT2D eigenvalue weighted by atomic mass is 19.1. The largest absolute Gasteiger partial charge is 0.507 e. The monoisotopic (exact) mass is 317 g/mol. The summed E-state index contributed by atoms with van der Waals surface area (Å²) in [4.78, 5) is 11.6. The smallest absolute Gasteiger partial charge is 0.259 e. The van der Waals surface area contributed by atoms with Gasteiger partial charge in [0.2, 0.25) is 0 Å². The second-order valence-corrected chi connectivity index (χ2v) is 4.58. The van der Waals surface area contributed by atoms with Crippen LogP contribution in [0.4, 0.5) is 10.1 Å². The molecule has 0 aromatic heterocycles. The number of hydrogen-bond acceptors (Lipinski definition) is 5. The van der Waals surface area contributed by atoms with Crippen LogP contribution >= 0.6 is 0 Å². The standard InChI is InChI=1S/C16H16FN3O3/c1-23-14-6-7-15(21)11(8-14)9-19-20-16(22)10-18-13-4-2-12(17)3-5-13/h2-9,18,21H,10H2,1H3,(H,20,22)/b19-9-. The zero-order valence-corrected chi connectivity index (χ0v) is 12.4. The summed E-state index contributed by atoms with van der Waals surface area (Å²) in [6.07, 6.45) is 1.31. The van der Waals surface area contributed by atoms with Crippen LogP contribution in [0, 0.1) is 5.82 Å². The molecule has 6 nitrogen and oxygen atoms in total. The highest BCUT2D eigenvalue weighted by Crippen LogP contribution is 2.20. The molecule has 23 heavy (non-hydrogen) atoms. The van der Waals surface area contributed by atoms with Crippen LogP contribution in [0.5, 0.6) is 11.5 Å². The highest BCUT2D eigenvalue weighted by molar-refractivity contribution is 5.86. The van der Waals surface area contributed by atoms with E-state index in [4.69, 9.17) is 4.74 Å². The molecule has 2 rings (SSSR count). The quantitative estimate of drug-likeness (QED) is 0.563. The summed E-state index contributed by atoms with van der Waals surface area (Å²) in [5.74, 6) is -0.141. The van der Waals surface area contributed by atoms with E-state index in [9.17, 15) is 14.3 Å². The first kappa shape index (κ1) is 16.3. The first-order chi connectivity index (χ1) is 11.1. The van der Waals surface area contributed by atoms with Gasteiger partial charge in [-0.05, 0) is 42.5 Å². The zero-order chi connectivity index (χ0) is 16.7. The minimum Gasteiger partial charge on any atom is -0.507 e. The molecule has 0 spiro atoms. The van der Waals surface area contributed by atoms with Gasteiger partial charge in [0.1, 0.15) is 17.3 Å². The lowest BCUT2D eigenvalue weighted by Crippen LogP contribution is -2.25. The zero-order valence-electron chi connectivity index (χ0n) is 12.4. The molecule has 0 saturated heterocycles. The Morgan fingerprint density at radius 1 is 1.30 bits per heavy atom. The van der Waals surface area contributed by atoms with Crippen molar-refractivity contribution in [3.05, 3.63) is 53.8 Å². The summed E-state index contributed by atoms with van der Waals surface area (Å²) in [5, 5.41) is 16.3. The predicted octanol–water partition coefficient (Wildman–Crippen LogP) is 2.10.